The van der Waals surface area contributed by atoms with E-state index >= 15 is 0 Å². The summed E-state index contributed by atoms with van der Waals surface area (Å²) in [5, 5.41) is 0. The summed E-state index contributed by atoms with van der Waals surface area (Å²) in [5.41, 5.74) is 0.511. The van der Waals surface area contributed by atoms with E-state index < -0.39 is 12.0 Å². The second-order valence-corrected chi connectivity index (χ2v) is 6.06. The zero-order valence-corrected chi connectivity index (χ0v) is 12.9. The Morgan fingerprint density at radius 1 is 1.18 bits per heavy atom. The summed E-state index contributed by atoms with van der Waals surface area (Å²) >= 11 is 0. The molecule has 0 aromatic heterocycles. The summed E-state index contributed by atoms with van der Waals surface area (Å²) in [7, 11) is 3.42. The van der Waals surface area contributed by atoms with E-state index in [1.807, 2.05) is 13.1 Å². The SMILES string of the molecule is COC(=O)[C@@H]1C(OC(=O)c2ccccc2)C[C@H]2CC[C@@H]1N2C. The van der Waals surface area contributed by atoms with Crippen LogP contribution in [0.2, 0.25) is 0 Å². The number of ether oxygens (including phenoxy) is 2. The molecule has 2 aliphatic heterocycles. The summed E-state index contributed by atoms with van der Waals surface area (Å²) in [6, 6.07) is 9.36. The zero-order valence-electron chi connectivity index (χ0n) is 12.9. The van der Waals surface area contributed by atoms with Gasteiger partial charge in [0, 0.05) is 18.5 Å². The molecule has 1 aromatic rings. The van der Waals surface area contributed by atoms with Crippen molar-refractivity contribution in [2.24, 2.45) is 5.92 Å². The van der Waals surface area contributed by atoms with Gasteiger partial charge >= 0.3 is 11.9 Å². The van der Waals surface area contributed by atoms with Gasteiger partial charge in [-0.15, -0.1) is 0 Å². The van der Waals surface area contributed by atoms with Crippen molar-refractivity contribution in [2.45, 2.75) is 37.5 Å². The van der Waals surface area contributed by atoms with Gasteiger partial charge < -0.3 is 9.47 Å². The Kier molecular flexibility index (Phi) is 4.16. The maximum absolute atomic E-state index is 12.3. The first-order valence-electron chi connectivity index (χ1n) is 7.67. The van der Waals surface area contributed by atoms with Gasteiger partial charge in [0.1, 0.15) is 12.0 Å². The molecule has 2 bridgehead atoms. The molecule has 4 atom stereocenters. The summed E-state index contributed by atoms with van der Waals surface area (Å²) in [6.07, 6.45) is 2.26. The van der Waals surface area contributed by atoms with Crippen molar-refractivity contribution in [2.75, 3.05) is 14.2 Å². The Morgan fingerprint density at radius 2 is 1.91 bits per heavy atom. The Hall–Kier alpha value is -1.88. The lowest BCUT2D eigenvalue weighted by Crippen LogP contribution is -2.53. The van der Waals surface area contributed by atoms with Crippen molar-refractivity contribution in [1.29, 1.82) is 0 Å². The number of hydrogen-bond acceptors (Lipinski definition) is 5. The van der Waals surface area contributed by atoms with Gasteiger partial charge in [-0.1, -0.05) is 18.2 Å². The number of methoxy groups -OCH3 is 1. The predicted molar refractivity (Wildman–Crippen MR) is 80.3 cm³/mol. The predicted octanol–water partition coefficient (Wildman–Crippen LogP) is 1.87. The van der Waals surface area contributed by atoms with Crippen LogP contribution in [0.3, 0.4) is 0 Å². The van der Waals surface area contributed by atoms with Crippen molar-refractivity contribution < 1.29 is 19.1 Å². The Balaban J connectivity index is 1.79. The van der Waals surface area contributed by atoms with Crippen molar-refractivity contribution in [3.05, 3.63) is 35.9 Å². The highest BCUT2D eigenvalue weighted by Gasteiger charge is 2.50. The summed E-state index contributed by atoms with van der Waals surface area (Å²) in [5.74, 6) is -1.06. The van der Waals surface area contributed by atoms with E-state index in [4.69, 9.17) is 9.47 Å². The maximum Gasteiger partial charge on any atom is 0.338 e. The van der Waals surface area contributed by atoms with Gasteiger partial charge in [0.15, 0.2) is 0 Å². The highest BCUT2D eigenvalue weighted by atomic mass is 16.6. The second kappa shape index (κ2) is 6.08. The average molecular weight is 303 g/mol. The van der Waals surface area contributed by atoms with E-state index in [0.29, 0.717) is 18.0 Å². The number of piperidine rings is 1. The van der Waals surface area contributed by atoms with Crippen LogP contribution in [0.5, 0.6) is 0 Å². The number of rotatable bonds is 3. The highest BCUT2D eigenvalue weighted by Crippen LogP contribution is 2.40. The van der Waals surface area contributed by atoms with E-state index in [2.05, 4.69) is 4.90 Å². The molecule has 0 aliphatic carbocycles. The van der Waals surface area contributed by atoms with Crippen molar-refractivity contribution >= 4 is 11.9 Å². The van der Waals surface area contributed by atoms with E-state index in [1.54, 1.807) is 24.3 Å². The first-order valence-corrected chi connectivity index (χ1v) is 7.67. The standard InChI is InChI=1S/C17H21NO4/c1-18-12-8-9-13(18)15(17(20)21-2)14(10-12)22-16(19)11-6-4-3-5-7-11/h3-7,12-15H,8-10H2,1-2H3/t12-,13+,14?,15+/m1/s1. The number of hydrogen-bond donors (Lipinski definition) is 0. The minimum Gasteiger partial charge on any atom is -0.469 e. The molecule has 0 amide bonds. The normalized spacial score (nSPS) is 30.8. The molecule has 0 N–H and O–H groups in total. The Bertz CT molecular complexity index is 559. The molecule has 0 radical (unpaired) electrons. The number of nitrogens with zero attached hydrogens (tertiary/aromatic N) is 1. The molecule has 5 nitrogen and oxygen atoms in total. The third-order valence-corrected chi connectivity index (χ3v) is 4.96. The number of carbonyl (C=O) groups is 2. The van der Waals surface area contributed by atoms with Gasteiger partial charge in [-0.2, -0.15) is 0 Å². The molecule has 0 saturated carbocycles. The molecule has 1 aromatic carbocycles. The largest absolute Gasteiger partial charge is 0.469 e. The molecular weight excluding hydrogens is 282 g/mol. The van der Waals surface area contributed by atoms with Crippen LogP contribution in [0, 0.1) is 5.92 Å². The quantitative estimate of drug-likeness (QED) is 0.798. The topological polar surface area (TPSA) is 55.8 Å². The average Bonchev–Trinajstić information content (AvgIpc) is 2.78. The van der Waals surface area contributed by atoms with Crippen LogP contribution < -0.4 is 0 Å². The van der Waals surface area contributed by atoms with Gasteiger partial charge in [0.25, 0.3) is 0 Å². The molecule has 2 aliphatic rings. The van der Waals surface area contributed by atoms with Gasteiger partial charge in [-0.3, -0.25) is 9.69 Å². The van der Waals surface area contributed by atoms with E-state index in [0.717, 1.165) is 12.8 Å². The minimum atomic E-state index is -0.408. The van der Waals surface area contributed by atoms with Crippen LogP contribution in [0.25, 0.3) is 0 Å². The molecule has 2 fully saturated rings. The van der Waals surface area contributed by atoms with Crippen LogP contribution in [0.1, 0.15) is 29.6 Å². The van der Waals surface area contributed by atoms with Crippen molar-refractivity contribution in [1.82, 2.24) is 4.90 Å². The molecule has 3 rings (SSSR count). The molecule has 118 valence electrons. The molecule has 22 heavy (non-hydrogen) atoms. The molecule has 1 unspecified atom stereocenters. The van der Waals surface area contributed by atoms with Crippen molar-refractivity contribution in [3.8, 4) is 0 Å². The number of carbonyl (C=O) groups excluding carboxylic acids is 2. The number of benzene rings is 1. The lowest BCUT2D eigenvalue weighted by atomic mass is 9.87. The van der Waals surface area contributed by atoms with Gasteiger partial charge in [-0.05, 0) is 32.0 Å². The number of fused-ring (bicyclic) bond motifs is 2. The fourth-order valence-electron chi connectivity index (χ4n) is 3.77. The van der Waals surface area contributed by atoms with Crippen molar-refractivity contribution in [3.63, 3.8) is 0 Å². The lowest BCUT2D eigenvalue weighted by molar-refractivity contribution is -0.156. The van der Waals surface area contributed by atoms with Crippen LogP contribution in [0.4, 0.5) is 0 Å². The fraction of sp³-hybridized carbons (Fsp3) is 0.529. The number of esters is 2. The van der Waals surface area contributed by atoms with E-state index in [9.17, 15) is 9.59 Å². The van der Waals surface area contributed by atoms with E-state index in [1.165, 1.54) is 7.11 Å². The third-order valence-electron chi connectivity index (χ3n) is 4.96. The molecular formula is C17H21NO4. The summed E-state index contributed by atoms with van der Waals surface area (Å²) in [6.45, 7) is 0. The summed E-state index contributed by atoms with van der Waals surface area (Å²) in [4.78, 5) is 26.7. The van der Waals surface area contributed by atoms with Gasteiger partial charge in [0.2, 0.25) is 0 Å². The Labute approximate surface area is 130 Å². The third kappa shape index (κ3) is 2.61. The molecule has 5 heteroatoms. The van der Waals surface area contributed by atoms with E-state index in [-0.39, 0.29) is 18.0 Å². The molecule has 2 saturated heterocycles. The zero-order chi connectivity index (χ0) is 15.7. The first-order chi connectivity index (χ1) is 10.6. The van der Waals surface area contributed by atoms with Gasteiger partial charge in [0.05, 0.1) is 12.7 Å². The highest BCUT2D eigenvalue weighted by molar-refractivity contribution is 5.89. The van der Waals surface area contributed by atoms with Crippen LogP contribution in [-0.4, -0.2) is 49.2 Å². The van der Waals surface area contributed by atoms with Crippen LogP contribution >= 0.6 is 0 Å². The Morgan fingerprint density at radius 3 is 2.59 bits per heavy atom. The fourth-order valence-corrected chi connectivity index (χ4v) is 3.77. The first kappa shape index (κ1) is 15.0. The monoisotopic (exact) mass is 303 g/mol. The second-order valence-electron chi connectivity index (χ2n) is 6.06. The maximum atomic E-state index is 12.3. The lowest BCUT2D eigenvalue weighted by Gasteiger charge is -2.40. The molecule has 2 heterocycles. The summed E-state index contributed by atoms with van der Waals surface area (Å²) < 4.78 is 10.6. The van der Waals surface area contributed by atoms with Crippen LogP contribution in [-0.2, 0) is 14.3 Å². The molecule has 0 spiro atoms. The van der Waals surface area contributed by atoms with Gasteiger partial charge in [-0.25, -0.2) is 4.79 Å². The smallest absolute Gasteiger partial charge is 0.338 e. The minimum absolute atomic E-state index is 0.0970. The van der Waals surface area contributed by atoms with Crippen LogP contribution in [0.15, 0.2) is 30.3 Å².